The fourth-order valence-electron chi connectivity index (χ4n) is 4.76. The molecular weight excluding hydrogens is 392 g/mol. The van der Waals surface area contributed by atoms with Gasteiger partial charge in [-0.3, -0.25) is 16.1 Å². The van der Waals surface area contributed by atoms with E-state index in [1.165, 1.54) is 4.58 Å². The number of fused-ring (bicyclic) bond motifs is 1. The molecule has 1 spiro atoms. The highest BCUT2D eigenvalue weighted by molar-refractivity contribution is 6.02. The first-order valence-electron chi connectivity index (χ1n) is 9.65. The van der Waals surface area contributed by atoms with Crippen molar-refractivity contribution in [2.24, 2.45) is 16.5 Å². The number of esters is 1. The number of hydrogen-bond donors (Lipinski definition) is 7. The summed E-state index contributed by atoms with van der Waals surface area (Å²) in [5.74, 6) is -2.97. The lowest BCUT2D eigenvalue weighted by atomic mass is 9.85. The van der Waals surface area contributed by atoms with E-state index >= 15 is 0 Å². The molecule has 30 heavy (non-hydrogen) atoms. The molecular formula is C18H23N8O4+. The molecule has 0 bridgehead atoms. The quantitative estimate of drug-likeness (QED) is 0.161. The van der Waals surface area contributed by atoms with Gasteiger partial charge in [0.25, 0.3) is 5.79 Å². The van der Waals surface area contributed by atoms with Crippen LogP contribution in [0.25, 0.3) is 10.9 Å². The maximum absolute atomic E-state index is 12.9. The zero-order valence-electron chi connectivity index (χ0n) is 16.2. The maximum atomic E-state index is 12.9. The van der Waals surface area contributed by atoms with Crippen LogP contribution in [0.3, 0.4) is 0 Å². The first kappa shape index (κ1) is 18.6. The zero-order chi connectivity index (χ0) is 21.3. The first-order chi connectivity index (χ1) is 14.3. The van der Waals surface area contributed by atoms with Crippen LogP contribution in [0.5, 0.6) is 0 Å². The summed E-state index contributed by atoms with van der Waals surface area (Å²) < 4.78 is 7.10. The van der Waals surface area contributed by atoms with Crippen LogP contribution in [0.1, 0.15) is 23.7 Å². The van der Waals surface area contributed by atoms with E-state index in [-0.39, 0.29) is 30.1 Å². The highest BCUT2D eigenvalue weighted by atomic mass is 16.6. The molecule has 3 aliphatic rings. The minimum Gasteiger partial charge on any atom is -0.449 e. The Kier molecular flexibility index (Phi) is 3.76. The number of ether oxygens (including phenoxy) is 1. The van der Waals surface area contributed by atoms with Gasteiger partial charge in [-0.2, -0.15) is 5.10 Å². The Balaban J connectivity index is 1.53. The van der Waals surface area contributed by atoms with Gasteiger partial charge in [0.2, 0.25) is 5.66 Å². The molecule has 1 fully saturated rings. The third-order valence-electron chi connectivity index (χ3n) is 6.20. The fraction of sp³-hybridized carbons (Fsp3) is 0.444. The number of nitrogens with zero attached hydrogens (tertiary/aromatic N) is 3. The van der Waals surface area contributed by atoms with Crippen molar-refractivity contribution >= 4 is 28.8 Å². The molecule has 9 N–H and O–H groups in total. The van der Waals surface area contributed by atoms with Crippen molar-refractivity contribution in [2.45, 2.75) is 43.0 Å². The fourth-order valence-corrected chi connectivity index (χ4v) is 4.76. The lowest BCUT2D eigenvalue weighted by Crippen LogP contribution is -2.78. The lowest BCUT2D eigenvalue weighted by molar-refractivity contribution is -0.623. The molecule has 12 heteroatoms. The van der Waals surface area contributed by atoms with Crippen molar-refractivity contribution in [3.8, 4) is 0 Å². The van der Waals surface area contributed by atoms with E-state index in [2.05, 4.69) is 25.8 Å². The van der Waals surface area contributed by atoms with Crippen LogP contribution in [-0.4, -0.2) is 79.1 Å². The number of nitrogens with one attached hydrogen (secondary N) is 3. The molecule has 1 aromatic carbocycles. The average Bonchev–Trinajstić information content (AvgIpc) is 3.37. The number of benzene rings is 1. The Labute approximate surface area is 170 Å². The van der Waals surface area contributed by atoms with E-state index in [1.807, 2.05) is 6.92 Å². The van der Waals surface area contributed by atoms with Gasteiger partial charge in [-0.1, -0.05) is 19.1 Å². The van der Waals surface area contributed by atoms with Crippen molar-refractivity contribution in [2.75, 3.05) is 6.54 Å². The largest absolute Gasteiger partial charge is 0.449 e. The molecule has 3 aliphatic heterocycles. The van der Waals surface area contributed by atoms with Gasteiger partial charge in [-0.15, -0.1) is 0 Å². The van der Waals surface area contributed by atoms with Crippen LogP contribution < -0.4 is 22.1 Å². The van der Waals surface area contributed by atoms with Gasteiger partial charge in [-0.05, 0) is 12.5 Å². The molecule has 0 unspecified atom stereocenters. The SMILES string of the molecule is CC[C@@H]1NC(N)=[N+]2C[C@H](OC(=O)c3cccc4cn[nH]c34)C(O)(O)[C@@]23NC(N)=N[C@@H]13. The predicted octanol–water partition coefficient (Wildman–Crippen LogP) is -2.53. The highest BCUT2D eigenvalue weighted by Gasteiger charge is 2.75. The number of nitrogens with two attached hydrogens (primary N) is 2. The number of carbonyl (C=O) groups excluding carboxylic acids is 1. The molecule has 4 heterocycles. The van der Waals surface area contributed by atoms with Crippen molar-refractivity contribution in [3.63, 3.8) is 0 Å². The minimum absolute atomic E-state index is 0.0571. The number of hydrogen-bond acceptors (Lipinski definition) is 10. The summed E-state index contributed by atoms with van der Waals surface area (Å²) in [7, 11) is 0. The third-order valence-corrected chi connectivity index (χ3v) is 6.20. The molecule has 0 amide bonds. The second-order valence-corrected chi connectivity index (χ2v) is 7.77. The van der Waals surface area contributed by atoms with E-state index in [0.29, 0.717) is 11.9 Å². The smallest absolute Gasteiger partial charge is 0.346 e. The van der Waals surface area contributed by atoms with Gasteiger partial charge in [-0.25, -0.2) is 14.4 Å². The van der Waals surface area contributed by atoms with Gasteiger partial charge >= 0.3 is 11.9 Å². The Hall–Kier alpha value is -3.38. The Morgan fingerprint density at radius 2 is 2.20 bits per heavy atom. The zero-order valence-corrected chi connectivity index (χ0v) is 16.2. The molecule has 0 radical (unpaired) electrons. The number of guanidine groups is 2. The molecule has 1 aromatic heterocycles. The minimum atomic E-state index is -2.53. The Morgan fingerprint density at radius 3 is 2.97 bits per heavy atom. The molecule has 0 aliphatic carbocycles. The number of aromatic nitrogens is 2. The predicted molar refractivity (Wildman–Crippen MR) is 105 cm³/mol. The van der Waals surface area contributed by atoms with Crippen LogP contribution in [0, 0.1) is 0 Å². The van der Waals surface area contributed by atoms with E-state index in [4.69, 9.17) is 16.2 Å². The van der Waals surface area contributed by atoms with Gasteiger partial charge in [0.05, 0.1) is 17.3 Å². The molecule has 1 saturated heterocycles. The van der Waals surface area contributed by atoms with Crippen LogP contribution in [0.2, 0.25) is 0 Å². The highest BCUT2D eigenvalue weighted by Crippen LogP contribution is 2.43. The van der Waals surface area contributed by atoms with Crippen LogP contribution in [0.4, 0.5) is 0 Å². The molecule has 5 rings (SSSR count). The maximum Gasteiger partial charge on any atom is 0.346 e. The van der Waals surface area contributed by atoms with Gasteiger partial charge in [0.1, 0.15) is 18.6 Å². The normalized spacial score (nSPS) is 31.6. The summed E-state index contributed by atoms with van der Waals surface area (Å²) in [4.78, 5) is 17.3. The van der Waals surface area contributed by atoms with Crippen LogP contribution in [-0.2, 0) is 4.74 Å². The summed E-state index contributed by atoms with van der Waals surface area (Å²) in [5.41, 5.74) is 11.3. The third kappa shape index (κ3) is 2.22. The van der Waals surface area contributed by atoms with Crippen molar-refractivity contribution in [3.05, 3.63) is 30.0 Å². The Bertz CT molecular complexity index is 1110. The summed E-state index contributed by atoms with van der Waals surface area (Å²) in [6, 6.07) is 4.12. The standard InChI is InChI=1S/C18H22N8O4/c1-2-10-13-17(24-15(19)23-13)18(28,29)11(7-26(17)16(20)22-10)30-14(27)9-5-3-4-8-6-21-25-12(8)9/h3-6,10-11,13,28-29H,2,7H2,1H3,(H6,19,20,21,22,23,24,25,27)/p+1/t10-,11-,13-,17-/m0/s1. The second kappa shape index (κ2) is 6.06. The van der Waals surface area contributed by atoms with Gasteiger partial charge in [0, 0.05) is 5.39 Å². The molecule has 0 saturated carbocycles. The summed E-state index contributed by atoms with van der Waals surface area (Å²) >= 11 is 0. The molecule has 12 nitrogen and oxygen atoms in total. The van der Waals surface area contributed by atoms with Crippen molar-refractivity contribution in [1.82, 2.24) is 20.8 Å². The van der Waals surface area contributed by atoms with Crippen LogP contribution >= 0.6 is 0 Å². The van der Waals surface area contributed by atoms with E-state index in [0.717, 1.165) is 5.39 Å². The van der Waals surface area contributed by atoms with E-state index in [1.54, 1.807) is 24.4 Å². The number of carbonyl (C=O) groups is 1. The number of rotatable bonds is 3. The monoisotopic (exact) mass is 415 g/mol. The Morgan fingerprint density at radius 1 is 1.40 bits per heavy atom. The number of para-hydroxylation sites is 1. The van der Waals surface area contributed by atoms with E-state index < -0.39 is 29.6 Å². The summed E-state index contributed by atoms with van der Waals surface area (Å²) in [6.07, 6.45) is 0.875. The summed E-state index contributed by atoms with van der Waals surface area (Å²) in [6.45, 7) is 1.85. The summed E-state index contributed by atoms with van der Waals surface area (Å²) in [5, 5.41) is 36.0. The lowest BCUT2D eigenvalue weighted by Gasteiger charge is -2.43. The van der Waals surface area contributed by atoms with Crippen LogP contribution in [0.15, 0.2) is 29.4 Å². The number of aliphatic hydroxyl groups is 2. The van der Waals surface area contributed by atoms with Crippen molar-refractivity contribution in [1.29, 1.82) is 0 Å². The molecule has 2 aromatic rings. The second-order valence-electron chi connectivity index (χ2n) is 7.77. The van der Waals surface area contributed by atoms with E-state index in [9.17, 15) is 15.0 Å². The molecule has 4 atom stereocenters. The number of aliphatic imine (C=N–C) groups is 1. The van der Waals surface area contributed by atoms with Gasteiger partial charge in [0.15, 0.2) is 12.1 Å². The van der Waals surface area contributed by atoms with Gasteiger partial charge < -0.3 is 26.0 Å². The van der Waals surface area contributed by atoms with Crippen molar-refractivity contribution < 1.29 is 24.3 Å². The number of aromatic amines is 1. The molecule has 158 valence electrons. The first-order valence-corrected chi connectivity index (χ1v) is 9.65. The average molecular weight is 415 g/mol. The number of H-pyrrole nitrogens is 1. The topological polar surface area (TPSA) is 187 Å².